The van der Waals surface area contributed by atoms with E-state index < -0.39 is 0 Å². The zero-order valence-corrected chi connectivity index (χ0v) is 12.8. The Hall–Kier alpha value is -1.33. The van der Waals surface area contributed by atoms with Crippen LogP contribution in [0.1, 0.15) is 18.9 Å². The van der Waals surface area contributed by atoms with Gasteiger partial charge in [0, 0.05) is 10.0 Å². The Morgan fingerprint density at radius 3 is 2.84 bits per heavy atom. The second-order valence-corrected chi connectivity index (χ2v) is 5.41. The quantitative estimate of drug-likeness (QED) is 0.876. The van der Waals surface area contributed by atoms with Crippen molar-refractivity contribution in [3.63, 3.8) is 0 Å². The molecule has 6 heteroatoms. The lowest BCUT2D eigenvalue weighted by molar-refractivity contribution is 0.908. The molecule has 0 aliphatic heterocycles. The van der Waals surface area contributed by atoms with Crippen molar-refractivity contribution in [2.75, 3.05) is 11.1 Å². The standard InChI is InChI=1S/C13H14BrClN4/c1-2-3-9-12(16)17-7-18-13(9)19-11-5-4-8(14)6-10(11)15/h4-7H,2-3H2,1H3,(H3,16,17,18,19). The van der Waals surface area contributed by atoms with Gasteiger partial charge in [0.1, 0.15) is 18.0 Å². The van der Waals surface area contributed by atoms with Crippen LogP contribution in [0.25, 0.3) is 0 Å². The first kappa shape index (κ1) is 14.1. The normalized spacial score (nSPS) is 10.5. The van der Waals surface area contributed by atoms with E-state index in [-0.39, 0.29) is 0 Å². The van der Waals surface area contributed by atoms with Crippen molar-refractivity contribution >= 4 is 44.9 Å². The van der Waals surface area contributed by atoms with Crippen LogP contribution in [0.2, 0.25) is 5.02 Å². The van der Waals surface area contributed by atoms with Gasteiger partial charge in [-0.05, 0) is 24.6 Å². The monoisotopic (exact) mass is 340 g/mol. The highest BCUT2D eigenvalue weighted by Crippen LogP contribution is 2.30. The molecular weight excluding hydrogens is 328 g/mol. The second-order valence-electron chi connectivity index (χ2n) is 4.09. The lowest BCUT2D eigenvalue weighted by Crippen LogP contribution is -2.05. The Labute approximate surface area is 125 Å². The molecule has 0 saturated carbocycles. The van der Waals surface area contributed by atoms with Gasteiger partial charge in [0.2, 0.25) is 0 Å². The number of aromatic nitrogens is 2. The summed E-state index contributed by atoms with van der Waals surface area (Å²) in [6, 6.07) is 5.63. The van der Waals surface area contributed by atoms with Crippen molar-refractivity contribution in [1.82, 2.24) is 9.97 Å². The van der Waals surface area contributed by atoms with E-state index in [9.17, 15) is 0 Å². The molecule has 100 valence electrons. The Kier molecular flexibility index (Phi) is 4.61. The summed E-state index contributed by atoms with van der Waals surface area (Å²) in [5.41, 5.74) is 7.60. The molecule has 0 amide bonds. The van der Waals surface area contributed by atoms with Crippen LogP contribution in [-0.4, -0.2) is 9.97 Å². The van der Waals surface area contributed by atoms with Crippen LogP contribution in [0, 0.1) is 0 Å². The maximum atomic E-state index is 6.18. The summed E-state index contributed by atoms with van der Waals surface area (Å²) in [6.07, 6.45) is 3.24. The van der Waals surface area contributed by atoms with Gasteiger partial charge in [-0.3, -0.25) is 0 Å². The molecule has 0 aliphatic carbocycles. The summed E-state index contributed by atoms with van der Waals surface area (Å²) in [7, 11) is 0. The fourth-order valence-corrected chi connectivity index (χ4v) is 2.47. The van der Waals surface area contributed by atoms with Gasteiger partial charge in [-0.15, -0.1) is 0 Å². The minimum atomic E-state index is 0.507. The number of nitrogen functional groups attached to an aromatic ring is 1. The number of hydrogen-bond acceptors (Lipinski definition) is 4. The van der Waals surface area contributed by atoms with Gasteiger partial charge in [0.05, 0.1) is 10.7 Å². The lowest BCUT2D eigenvalue weighted by atomic mass is 10.1. The third-order valence-electron chi connectivity index (χ3n) is 2.66. The van der Waals surface area contributed by atoms with E-state index in [0.717, 1.165) is 28.6 Å². The van der Waals surface area contributed by atoms with Crippen LogP contribution in [0.3, 0.4) is 0 Å². The number of halogens is 2. The van der Waals surface area contributed by atoms with Crippen LogP contribution in [0.5, 0.6) is 0 Å². The van der Waals surface area contributed by atoms with Gasteiger partial charge < -0.3 is 11.1 Å². The Bertz CT molecular complexity index is 589. The average molecular weight is 342 g/mol. The molecule has 2 aromatic rings. The van der Waals surface area contributed by atoms with E-state index in [1.165, 1.54) is 6.33 Å². The molecule has 1 aromatic carbocycles. The van der Waals surface area contributed by atoms with E-state index in [1.807, 2.05) is 18.2 Å². The predicted octanol–water partition coefficient (Wildman–Crippen LogP) is 4.17. The number of anilines is 3. The first-order valence-electron chi connectivity index (χ1n) is 5.93. The smallest absolute Gasteiger partial charge is 0.139 e. The number of nitrogens with zero attached hydrogens (tertiary/aromatic N) is 2. The first-order chi connectivity index (χ1) is 9.11. The third-order valence-corrected chi connectivity index (χ3v) is 3.47. The van der Waals surface area contributed by atoms with Crippen molar-refractivity contribution in [2.45, 2.75) is 19.8 Å². The second kappa shape index (κ2) is 6.21. The van der Waals surface area contributed by atoms with E-state index in [2.05, 4.69) is 38.1 Å². The Balaban J connectivity index is 2.35. The zero-order chi connectivity index (χ0) is 13.8. The minimum absolute atomic E-state index is 0.507. The molecule has 0 spiro atoms. The molecule has 1 aromatic heterocycles. The molecule has 0 atom stereocenters. The van der Waals surface area contributed by atoms with Crippen molar-refractivity contribution in [1.29, 1.82) is 0 Å². The molecular formula is C13H14BrClN4. The summed E-state index contributed by atoms with van der Waals surface area (Å²) in [5, 5.41) is 3.83. The molecule has 2 rings (SSSR count). The van der Waals surface area contributed by atoms with Crippen molar-refractivity contribution in [2.24, 2.45) is 0 Å². The number of benzene rings is 1. The maximum Gasteiger partial charge on any atom is 0.139 e. The number of nitrogens with two attached hydrogens (primary N) is 1. The summed E-state index contributed by atoms with van der Waals surface area (Å²) in [6.45, 7) is 2.09. The minimum Gasteiger partial charge on any atom is -0.383 e. The summed E-state index contributed by atoms with van der Waals surface area (Å²) in [5.74, 6) is 1.21. The fourth-order valence-electron chi connectivity index (χ4n) is 1.75. The molecule has 0 saturated heterocycles. The molecule has 0 bridgehead atoms. The molecule has 3 N–H and O–H groups in total. The van der Waals surface area contributed by atoms with Crippen LogP contribution in [-0.2, 0) is 6.42 Å². The molecule has 0 unspecified atom stereocenters. The number of hydrogen-bond donors (Lipinski definition) is 2. The highest BCUT2D eigenvalue weighted by atomic mass is 79.9. The molecule has 0 aliphatic rings. The van der Waals surface area contributed by atoms with Gasteiger partial charge in [-0.1, -0.05) is 40.9 Å². The molecule has 4 nitrogen and oxygen atoms in total. The predicted molar refractivity (Wildman–Crippen MR) is 82.9 cm³/mol. The number of rotatable bonds is 4. The Morgan fingerprint density at radius 2 is 2.16 bits per heavy atom. The van der Waals surface area contributed by atoms with Gasteiger partial charge in [0.25, 0.3) is 0 Å². The van der Waals surface area contributed by atoms with E-state index >= 15 is 0 Å². The van der Waals surface area contributed by atoms with Crippen LogP contribution < -0.4 is 11.1 Å². The zero-order valence-electron chi connectivity index (χ0n) is 10.5. The average Bonchev–Trinajstić information content (AvgIpc) is 2.37. The topological polar surface area (TPSA) is 63.8 Å². The SMILES string of the molecule is CCCc1c(N)ncnc1Nc1ccc(Br)cc1Cl. The van der Waals surface area contributed by atoms with Gasteiger partial charge in [-0.2, -0.15) is 0 Å². The molecule has 0 radical (unpaired) electrons. The van der Waals surface area contributed by atoms with Gasteiger partial charge in [0.15, 0.2) is 0 Å². The van der Waals surface area contributed by atoms with Crippen LogP contribution >= 0.6 is 27.5 Å². The van der Waals surface area contributed by atoms with E-state index in [1.54, 1.807) is 0 Å². The fraction of sp³-hybridized carbons (Fsp3) is 0.231. The van der Waals surface area contributed by atoms with Crippen molar-refractivity contribution < 1.29 is 0 Å². The lowest BCUT2D eigenvalue weighted by Gasteiger charge is -2.13. The summed E-state index contributed by atoms with van der Waals surface area (Å²) < 4.78 is 0.930. The van der Waals surface area contributed by atoms with Crippen molar-refractivity contribution in [3.8, 4) is 0 Å². The summed E-state index contributed by atoms with van der Waals surface area (Å²) in [4.78, 5) is 8.27. The molecule has 0 fully saturated rings. The maximum absolute atomic E-state index is 6.18. The van der Waals surface area contributed by atoms with Gasteiger partial charge in [-0.25, -0.2) is 9.97 Å². The summed E-state index contributed by atoms with van der Waals surface area (Å²) >= 11 is 9.56. The highest BCUT2D eigenvalue weighted by Gasteiger charge is 2.10. The third kappa shape index (κ3) is 3.36. The van der Waals surface area contributed by atoms with Gasteiger partial charge >= 0.3 is 0 Å². The van der Waals surface area contributed by atoms with E-state index in [4.69, 9.17) is 17.3 Å². The molecule has 19 heavy (non-hydrogen) atoms. The molecule has 1 heterocycles. The highest BCUT2D eigenvalue weighted by molar-refractivity contribution is 9.10. The van der Waals surface area contributed by atoms with Crippen molar-refractivity contribution in [3.05, 3.63) is 39.6 Å². The largest absolute Gasteiger partial charge is 0.383 e. The van der Waals surface area contributed by atoms with Crippen LogP contribution in [0.15, 0.2) is 29.0 Å². The number of nitrogens with one attached hydrogen (secondary N) is 1. The van der Waals surface area contributed by atoms with E-state index in [0.29, 0.717) is 16.7 Å². The first-order valence-corrected chi connectivity index (χ1v) is 7.10. The van der Waals surface area contributed by atoms with Crippen LogP contribution in [0.4, 0.5) is 17.3 Å². The Morgan fingerprint density at radius 1 is 1.37 bits per heavy atom.